The van der Waals surface area contributed by atoms with Crippen molar-refractivity contribution in [1.29, 1.82) is 0 Å². The second kappa shape index (κ2) is 6.25. The average Bonchev–Trinajstić information content (AvgIpc) is 2.46. The zero-order chi connectivity index (χ0) is 14.5. The molecular formula is C14H13ClN2O3. The molecule has 0 bridgehead atoms. The minimum Gasteiger partial charge on any atom is -0.495 e. The second-order valence-corrected chi connectivity index (χ2v) is 4.56. The van der Waals surface area contributed by atoms with Gasteiger partial charge in [-0.05, 0) is 23.8 Å². The van der Waals surface area contributed by atoms with Crippen LogP contribution in [0.3, 0.4) is 0 Å². The number of non-ortho nitro benzene ring substituents is 1. The standard InChI is InChI=1S/C14H13ClN2O3/c1-20-14-7-6-12(17(18)19)8-13(14)16-9-10-2-4-11(15)5-3-10/h2-8,16H,9H2,1H3. The van der Waals surface area contributed by atoms with Crippen molar-refractivity contribution in [2.75, 3.05) is 12.4 Å². The molecular weight excluding hydrogens is 280 g/mol. The molecule has 0 saturated carbocycles. The molecule has 0 saturated heterocycles. The van der Waals surface area contributed by atoms with Crippen molar-refractivity contribution in [3.63, 3.8) is 0 Å². The third-order valence-corrected chi connectivity index (χ3v) is 3.04. The van der Waals surface area contributed by atoms with Gasteiger partial charge >= 0.3 is 0 Å². The van der Waals surface area contributed by atoms with Crippen LogP contribution in [0.2, 0.25) is 5.02 Å². The number of methoxy groups -OCH3 is 1. The number of hydrogen-bond acceptors (Lipinski definition) is 4. The third-order valence-electron chi connectivity index (χ3n) is 2.79. The van der Waals surface area contributed by atoms with E-state index in [1.165, 1.54) is 19.2 Å². The first-order chi connectivity index (χ1) is 9.60. The Kier molecular flexibility index (Phi) is 4.42. The molecule has 6 heteroatoms. The molecule has 2 aromatic rings. The lowest BCUT2D eigenvalue weighted by molar-refractivity contribution is -0.384. The van der Waals surface area contributed by atoms with E-state index < -0.39 is 4.92 Å². The Hall–Kier alpha value is -2.27. The molecule has 0 unspecified atom stereocenters. The van der Waals surface area contributed by atoms with Crippen LogP contribution in [0.5, 0.6) is 5.75 Å². The molecule has 0 aromatic heterocycles. The predicted octanol–water partition coefficient (Wildman–Crippen LogP) is 3.87. The smallest absolute Gasteiger partial charge is 0.271 e. The number of nitrogens with zero attached hydrogens (tertiary/aromatic N) is 1. The predicted molar refractivity (Wildman–Crippen MR) is 78.4 cm³/mol. The summed E-state index contributed by atoms with van der Waals surface area (Å²) in [5.41, 5.74) is 1.61. The zero-order valence-electron chi connectivity index (χ0n) is 10.8. The van der Waals surface area contributed by atoms with E-state index in [4.69, 9.17) is 16.3 Å². The Labute approximate surface area is 121 Å². The van der Waals surface area contributed by atoms with Crippen LogP contribution in [0.1, 0.15) is 5.56 Å². The van der Waals surface area contributed by atoms with Crippen LogP contribution in [0, 0.1) is 10.1 Å². The summed E-state index contributed by atoms with van der Waals surface area (Å²) in [7, 11) is 1.52. The summed E-state index contributed by atoms with van der Waals surface area (Å²) in [4.78, 5) is 10.3. The van der Waals surface area contributed by atoms with Gasteiger partial charge in [0, 0.05) is 23.7 Å². The van der Waals surface area contributed by atoms with Crippen molar-refractivity contribution in [2.24, 2.45) is 0 Å². The fourth-order valence-electron chi connectivity index (χ4n) is 1.75. The summed E-state index contributed by atoms with van der Waals surface area (Å²) in [6, 6.07) is 11.8. The van der Waals surface area contributed by atoms with Gasteiger partial charge in [0.1, 0.15) is 5.75 Å². The van der Waals surface area contributed by atoms with E-state index in [-0.39, 0.29) is 5.69 Å². The van der Waals surface area contributed by atoms with Crippen molar-refractivity contribution in [3.8, 4) is 5.75 Å². The van der Waals surface area contributed by atoms with Gasteiger partial charge in [-0.15, -0.1) is 0 Å². The van der Waals surface area contributed by atoms with Gasteiger partial charge in [-0.3, -0.25) is 10.1 Å². The molecule has 5 nitrogen and oxygen atoms in total. The largest absolute Gasteiger partial charge is 0.495 e. The van der Waals surface area contributed by atoms with Gasteiger partial charge in [-0.1, -0.05) is 23.7 Å². The number of nitro groups is 1. The van der Waals surface area contributed by atoms with Gasteiger partial charge < -0.3 is 10.1 Å². The molecule has 20 heavy (non-hydrogen) atoms. The molecule has 0 aliphatic rings. The maximum Gasteiger partial charge on any atom is 0.271 e. The molecule has 0 radical (unpaired) electrons. The average molecular weight is 293 g/mol. The number of anilines is 1. The molecule has 0 aliphatic heterocycles. The Bertz CT molecular complexity index is 614. The van der Waals surface area contributed by atoms with Crippen molar-refractivity contribution in [3.05, 3.63) is 63.2 Å². The summed E-state index contributed by atoms with van der Waals surface area (Å²) in [6.07, 6.45) is 0. The highest BCUT2D eigenvalue weighted by atomic mass is 35.5. The summed E-state index contributed by atoms with van der Waals surface area (Å²) in [6.45, 7) is 0.523. The van der Waals surface area contributed by atoms with Gasteiger partial charge in [0.2, 0.25) is 0 Å². The molecule has 0 atom stereocenters. The number of nitrogens with one attached hydrogen (secondary N) is 1. The fraction of sp³-hybridized carbons (Fsp3) is 0.143. The van der Waals surface area contributed by atoms with Gasteiger partial charge in [0.25, 0.3) is 5.69 Å². The Morgan fingerprint density at radius 3 is 2.55 bits per heavy atom. The lowest BCUT2D eigenvalue weighted by atomic mass is 10.2. The molecule has 0 fully saturated rings. The molecule has 104 valence electrons. The monoisotopic (exact) mass is 292 g/mol. The molecule has 0 aliphatic carbocycles. The van der Waals surface area contributed by atoms with Crippen LogP contribution >= 0.6 is 11.6 Å². The molecule has 0 amide bonds. The highest BCUT2D eigenvalue weighted by molar-refractivity contribution is 6.30. The van der Waals surface area contributed by atoms with E-state index >= 15 is 0 Å². The minimum atomic E-state index is -0.438. The van der Waals surface area contributed by atoms with E-state index in [9.17, 15) is 10.1 Å². The normalized spacial score (nSPS) is 10.1. The molecule has 0 heterocycles. The van der Waals surface area contributed by atoms with Crippen LogP contribution in [0.4, 0.5) is 11.4 Å². The maximum atomic E-state index is 10.8. The minimum absolute atomic E-state index is 0.0180. The highest BCUT2D eigenvalue weighted by Crippen LogP contribution is 2.29. The number of benzene rings is 2. The quantitative estimate of drug-likeness (QED) is 0.671. The first-order valence-corrected chi connectivity index (χ1v) is 6.28. The van der Waals surface area contributed by atoms with E-state index in [0.717, 1.165) is 5.56 Å². The van der Waals surface area contributed by atoms with E-state index in [0.29, 0.717) is 23.0 Å². The zero-order valence-corrected chi connectivity index (χ0v) is 11.6. The van der Waals surface area contributed by atoms with Gasteiger partial charge in [-0.2, -0.15) is 0 Å². The van der Waals surface area contributed by atoms with Crippen molar-refractivity contribution in [2.45, 2.75) is 6.54 Å². The lowest BCUT2D eigenvalue weighted by Gasteiger charge is -2.11. The maximum absolute atomic E-state index is 10.8. The van der Waals surface area contributed by atoms with Gasteiger partial charge in [-0.25, -0.2) is 0 Å². The molecule has 2 aromatic carbocycles. The van der Waals surface area contributed by atoms with Gasteiger partial charge in [0.15, 0.2) is 0 Å². The summed E-state index contributed by atoms with van der Waals surface area (Å²) >= 11 is 5.82. The second-order valence-electron chi connectivity index (χ2n) is 4.12. The lowest BCUT2D eigenvalue weighted by Crippen LogP contribution is -2.02. The Morgan fingerprint density at radius 1 is 1.25 bits per heavy atom. The number of hydrogen-bond donors (Lipinski definition) is 1. The van der Waals surface area contributed by atoms with E-state index in [2.05, 4.69) is 5.32 Å². The van der Waals surface area contributed by atoms with Crippen LogP contribution in [-0.4, -0.2) is 12.0 Å². The Morgan fingerprint density at radius 2 is 1.95 bits per heavy atom. The number of ether oxygens (including phenoxy) is 1. The number of nitro benzene ring substituents is 1. The van der Waals surface area contributed by atoms with Crippen molar-refractivity contribution in [1.82, 2.24) is 0 Å². The SMILES string of the molecule is COc1ccc([N+](=O)[O-])cc1NCc1ccc(Cl)cc1. The summed E-state index contributed by atoms with van der Waals surface area (Å²) in [5, 5.41) is 14.6. The highest BCUT2D eigenvalue weighted by Gasteiger charge is 2.11. The summed E-state index contributed by atoms with van der Waals surface area (Å²) < 4.78 is 5.18. The molecule has 0 spiro atoms. The first kappa shape index (κ1) is 14.1. The van der Waals surface area contributed by atoms with Crippen LogP contribution in [-0.2, 0) is 6.54 Å². The third kappa shape index (κ3) is 3.39. The van der Waals surface area contributed by atoms with Gasteiger partial charge in [0.05, 0.1) is 17.7 Å². The van der Waals surface area contributed by atoms with Crippen molar-refractivity contribution < 1.29 is 9.66 Å². The fourth-order valence-corrected chi connectivity index (χ4v) is 1.87. The van der Waals surface area contributed by atoms with Crippen LogP contribution in [0.15, 0.2) is 42.5 Å². The van der Waals surface area contributed by atoms with E-state index in [1.807, 2.05) is 12.1 Å². The van der Waals surface area contributed by atoms with Crippen LogP contribution in [0.25, 0.3) is 0 Å². The Balaban J connectivity index is 2.16. The van der Waals surface area contributed by atoms with E-state index in [1.54, 1.807) is 18.2 Å². The molecule has 1 N–H and O–H groups in total. The van der Waals surface area contributed by atoms with Crippen molar-refractivity contribution >= 4 is 23.0 Å². The summed E-state index contributed by atoms with van der Waals surface area (Å²) in [5.74, 6) is 0.560. The topological polar surface area (TPSA) is 64.4 Å². The first-order valence-electron chi connectivity index (χ1n) is 5.91. The number of rotatable bonds is 5. The number of halogens is 1. The molecule has 2 rings (SSSR count). The van der Waals surface area contributed by atoms with Crippen LogP contribution < -0.4 is 10.1 Å².